The number of carbonyl (C=O) groups excluding carboxylic acids is 1. The summed E-state index contributed by atoms with van der Waals surface area (Å²) in [6.45, 7) is 4.60. The zero-order valence-corrected chi connectivity index (χ0v) is 14.9. The number of hydrogen-bond donors (Lipinski definition) is 2. The van der Waals surface area contributed by atoms with E-state index < -0.39 is 5.60 Å². The molecule has 6 aliphatic rings. The third-order valence-corrected chi connectivity index (χ3v) is 10.1. The molecule has 24 heavy (non-hydrogen) atoms. The van der Waals surface area contributed by atoms with Crippen molar-refractivity contribution in [1.82, 2.24) is 0 Å². The van der Waals surface area contributed by atoms with E-state index in [9.17, 15) is 15.0 Å². The summed E-state index contributed by atoms with van der Waals surface area (Å²) in [4.78, 5) is 12.9. The minimum absolute atomic E-state index is 0.0497. The van der Waals surface area contributed by atoms with Crippen LogP contribution < -0.4 is 0 Å². The first-order chi connectivity index (χ1) is 11.3. The molecule has 0 aromatic carbocycles. The minimum Gasteiger partial charge on any atom is -0.393 e. The molecule has 132 valence electrons. The number of ketones is 1. The molecule has 6 saturated carbocycles. The van der Waals surface area contributed by atoms with Gasteiger partial charge in [0.05, 0.1) is 11.7 Å². The molecule has 0 aliphatic heterocycles. The van der Waals surface area contributed by atoms with E-state index in [0.29, 0.717) is 53.6 Å². The molecule has 0 saturated heterocycles. The predicted molar refractivity (Wildman–Crippen MR) is 88.9 cm³/mol. The van der Waals surface area contributed by atoms with Gasteiger partial charge < -0.3 is 10.2 Å². The molecule has 0 spiro atoms. The normalized spacial score (nSPS) is 69.1. The van der Waals surface area contributed by atoms with Crippen molar-refractivity contribution in [3.8, 4) is 0 Å². The van der Waals surface area contributed by atoms with Crippen molar-refractivity contribution in [2.45, 2.75) is 70.5 Å². The van der Waals surface area contributed by atoms with Crippen molar-refractivity contribution in [2.75, 3.05) is 0 Å². The van der Waals surface area contributed by atoms with Gasteiger partial charge in [0.25, 0.3) is 0 Å². The van der Waals surface area contributed by atoms with Crippen LogP contribution in [0.2, 0.25) is 0 Å². The van der Waals surface area contributed by atoms with E-state index in [1.165, 1.54) is 0 Å². The Kier molecular flexibility index (Phi) is 2.43. The average Bonchev–Trinajstić information content (AvgIpc) is 3.41. The number of hydrogen-bond acceptors (Lipinski definition) is 3. The maximum Gasteiger partial charge on any atom is 0.142 e. The van der Waals surface area contributed by atoms with Crippen molar-refractivity contribution in [1.29, 1.82) is 0 Å². The highest BCUT2D eigenvalue weighted by molar-refractivity contribution is 5.92. The van der Waals surface area contributed by atoms with E-state index in [0.717, 1.165) is 38.5 Å². The third-order valence-electron chi connectivity index (χ3n) is 10.1. The molecule has 2 N–H and O–H groups in total. The summed E-state index contributed by atoms with van der Waals surface area (Å²) in [5.41, 5.74) is -0.760. The first kappa shape index (κ1) is 14.7. The van der Waals surface area contributed by atoms with E-state index in [4.69, 9.17) is 0 Å². The van der Waals surface area contributed by atoms with E-state index in [2.05, 4.69) is 13.8 Å². The van der Waals surface area contributed by atoms with Gasteiger partial charge in [-0.05, 0) is 79.4 Å². The van der Waals surface area contributed by atoms with Crippen LogP contribution in [-0.4, -0.2) is 27.7 Å². The molecule has 11 atom stereocenters. The Morgan fingerprint density at radius 3 is 2.62 bits per heavy atom. The molecule has 6 aliphatic carbocycles. The summed E-state index contributed by atoms with van der Waals surface area (Å²) >= 11 is 0. The average molecular weight is 330 g/mol. The van der Waals surface area contributed by atoms with Crippen LogP contribution in [0.4, 0.5) is 0 Å². The molecule has 4 unspecified atom stereocenters. The van der Waals surface area contributed by atoms with Crippen molar-refractivity contribution >= 4 is 5.78 Å². The highest BCUT2D eigenvalue weighted by Gasteiger charge is 2.78. The summed E-state index contributed by atoms with van der Waals surface area (Å²) in [7, 11) is 0. The second-order valence-corrected chi connectivity index (χ2v) is 10.8. The zero-order chi connectivity index (χ0) is 16.6. The van der Waals surface area contributed by atoms with E-state index in [-0.39, 0.29) is 16.9 Å². The quantitative estimate of drug-likeness (QED) is 0.718. The van der Waals surface area contributed by atoms with Gasteiger partial charge in [0.1, 0.15) is 5.78 Å². The van der Waals surface area contributed by atoms with E-state index in [1.807, 2.05) is 0 Å². The molecule has 0 bridgehead atoms. The second-order valence-electron chi connectivity index (χ2n) is 10.8. The predicted octanol–water partition coefficient (Wildman–Crippen LogP) is 2.79. The van der Waals surface area contributed by atoms with Gasteiger partial charge in [-0.1, -0.05) is 13.8 Å². The van der Waals surface area contributed by atoms with Gasteiger partial charge in [0.15, 0.2) is 0 Å². The van der Waals surface area contributed by atoms with Crippen LogP contribution in [0, 0.1) is 52.3 Å². The Bertz CT molecular complexity index is 645. The van der Waals surface area contributed by atoms with Crippen molar-refractivity contribution in [3.63, 3.8) is 0 Å². The molecule has 6 fully saturated rings. The van der Waals surface area contributed by atoms with E-state index >= 15 is 0 Å². The number of carbonyl (C=O) groups is 1. The molecule has 0 aromatic heterocycles. The molecule has 3 heteroatoms. The zero-order valence-electron chi connectivity index (χ0n) is 14.9. The Morgan fingerprint density at radius 1 is 1.04 bits per heavy atom. The van der Waals surface area contributed by atoms with Gasteiger partial charge in [-0.25, -0.2) is 0 Å². The maximum absolute atomic E-state index is 12.9. The lowest BCUT2D eigenvalue weighted by molar-refractivity contribution is -0.225. The van der Waals surface area contributed by atoms with Crippen LogP contribution in [-0.2, 0) is 4.79 Å². The van der Waals surface area contributed by atoms with Gasteiger partial charge in [-0.2, -0.15) is 0 Å². The SMILES string of the molecule is C[C@]12CCC3C(C1[C@@H]1C[C@@H]1C2=O)[C@H]1CC1[C@]1(O)C[C@@H](O)CC[C@]31C. The standard InChI is InChI=1S/C21H30O3/c1-19-5-4-14-16(17(19)11-7-12(11)18(19)23)13-8-15(13)21(24)9-10(22)3-6-20(14,21)2/h10-17,22,24H,3-9H2,1-2H3/t10-,11+,12-,13-,14?,15?,16?,17?,19-,20+,21+/m0/s1. The number of aliphatic hydroxyl groups excluding tert-OH is 1. The Hall–Kier alpha value is -0.410. The van der Waals surface area contributed by atoms with Crippen LogP contribution in [0.25, 0.3) is 0 Å². The lowest BCUT2D eigenvalue weighted by Gasteiger charge is -2.63. The summed E-state index contributed by atoms with van der Waals surface area (Å²) in [5, 5.41) is 21.9. The van der Waals surface area contributed by atoms with Gasteiger partial charge >= 0.3 is 0 Å². The topological polar surface area (TPSA) is 57.5 Å². The number of fused-ring (bicyclic) bond motifs is 10. The highest BCUT2D eigenvalue weighted by atomic mass is 16.3. The van der Waals surface area contributed by atoms with Crippen LogP contribution >= 0.6 is 0 Å². The largest absolute Gasteiger partial charge is 0.393 e. The van der Waals surface area contributed by atoms with Crippen molar-refractivity contribution in [2.24, 2.45) is 52.3 Å². The fourth-order valence-corrected chi connectivity index (χ4v) is 8.83. The second kappa shape index (κ2) is 3.96. The lowest BCUT2D eigenvalue weighted by atomic mass is 9.43. The monoisotopic (exact) mass is 330 g/mol. The molecule has 0 heterocycles. The molecule has 0 amide bonds. The van der Waals surface area contributed by atoms with Gasteiger partial charge in [0, 0.05) is 17.8 Å². The smallest absolute Gasteiger partial charge is 0.142 e. The Morgan fingerprint density at radius 2 is 1.83 bits per heavy atom. The van der Waals surface area contributed by atoms with Crippen LogP contribution in [0.1, 0.15) is 58.8 Å². The molecular formula is C21H30O3. The first-order valence-electron chi connectivity index (χ1n) is 10.3. The summed E-state index contributed by atoms with van der Waals surface area (Å²) in [5.74, 6) is 4.46. The minimum atomic E-state index is -0.657. The van der Waals surface area contributed by atoms with Crippen LogP contribution in [0.5, 0.6) is 0 Å². The molecule has 6 rings (SSSR count). The fraction of sp³-hybridized carbons (Fsp3) is 0.952. The first-order valence-corrected chi connectivity index (χ1v) is 10.3. The maximum atomic E-state index is 12.9. The third kappa shape index (κ3) is 1.37. The number of rotatable bonds is 0. The summed E-state index contributed by atoms with van der Waals surface area (Å²) in [6, 6.07) is 0. The fourth-order valence-electron chi connectivity index (χ4n) is 8.83. The molecule has 3 nitrogen and oxygen atoms in total. The van der Waals surface area contributed by atoms with E-state index in [1.54, 1.807) is 0 Å². The summed E-state index contributed by atoms with van der Waals surface area (Å²) in [6.07, 6.45) is 6.50. The molecule has 0 radical (unpaired) electrons. The molecular weight excluding hydrogens is 300 g/mol. The Balaban J connectivity index is 1.45. The highest BCUT2D eigenvalue weighted by Crippen LogP contribution is 2.78. The molecule has 0 aromatic rings. The van der Waals surface area contributed by atoms with Crippen molar-refractivity contribution in [3.05, 3.63) is 0 Å². The van der Waals surface area contributed by atoms with Gasteiger partial charge in [-0.15, -0.1) is 0 Å². The lowest BCUT2D eigenvalue weighted by Crippen LogP contribution is -2.64. The Labute approximate surface area is 144 Å². The van der Waals surface area contributed by atoms with Crippen LogP contribution in [0.15, 0.2) is 0 Å². The van der Waals surface area contributed by atoms with Crippen molar-refractivity contribution < 1.29 is 15.0 Å². The van der Waals surface area contributed by atoms with Gasteiger partial charge in [-0.3, -0.25) is 4.79 Å². The number of Topliss-reactive ketones (excluding diaryl/α,β-unsaturated/α-hetero) is 1. The van der Waals surface area contributed by atoms with Crippen LogP contribution in [0.3, 0.4) is 0 Å². The van der Waals surface area contributed by atoms with Gasteiger partial charge in [0.2, 0.25) is 0 Å². The number of aliphatic hydroxyl groups is 2. The summed E-state index contributed by atoms with van der Waals surface area (Å²) < 4.78 is 0.